The van der Waals surface area contributed by atoms with E-state index in [1.807, 2.05) is 66.5 Å². The number of nitrogens with one attached hydrogen (secondary N) is 2. The van der Waals surface area contributed by atoms with Crippen LogP contribution in [0, 0.1) is 5.82 Å². The minimum atomic E-state index is -0.450. The van der Waals surface area contributed by atoms with Gasteiger partial charge in [-0.25, -0.2) is 4.39 Å². The molecule has 2 N–H and O–H groups in total. The first kappa shape index (κ1) is 18.7. The Morgan fingerprint density at radius 3 is 2.44 bits per heavy atom. The monoisotopic (exact) mass is 383 g/mol. The lowest BCUT2D eigenvalue weighted by molar-refractivity contribution is -0.114. The molecule has 1 amide bonds. The van der Waals surface area contributed by atoms with E-state index < -0.39 is 5.82 Å². The molecule has 3 aromatic rings. The molecule has 0 unspecified atom stereocenters. The zero-order valence-corrected chi connectivity index (χ0v) is 15.5. The van der Waals surface area contributed by atoms with E-state index in [1.165, 1.54) is 12.1 Å². The van der Waals surface area contributed by atoms with E-state index in [0.717, 1.165) is 23.1 Å². The van der Waals surface area contributed by atoms with Crippen LogP contribution in [0.2, 0.25) is 5.02 Å². The summed E-state index contributed by atoms with van der Waals surface area (Å²) < 4.78 is 13.1. The highest BCUT2D eigenvalue weighted by Crippen LogP contribution is 2.30. The molecule has 0 heterocycles. The predicted octanol–water partition coefficient (Wildman–Crippen LogP) is 5.30. The van der Waals surface area contributed by atoms with E-state index in [1.54, 1.807) is 0 Å². The third kappa shape index (κ3) is 4.77. The van der Waals surface area contributed by atoms with Crippen molar-refractivity contribution >= 4 is 40.3 Å². The Morgan fingerprint density at radius 1 is 1.00 bits per heavy atom. The topological polar surface area (TPSA) is 44.4 Å². The average Bonchev–Trinajstić information content (AvgIpc) is 2.69. The summed E-state index contributed by atoms with van der Waals surface area (Å²) in [5.74, 6) is -0.727. The summed E-state index contributed by atoms with van der Waals surface area (Å²) in [5, 5.41) is 5.98. The second-order valence-corrected chi connectivity index (χ2v) is 6.34. The number of nitrogens with zero attached hydrogens (tertiary/aromatic N) is 1. The summed E-state index contributed by atoms with van der Waals surface area (Å²) in [6, 6.07) is 21.5. The number of amides is 1. The fourth-order valence-electron chi connectivity index (χ4n) is 2.67. The van der Waals surface area contributed by atoms with Gasteiger partial charge >= 0.3 is 0 Å². The van der Waals surface area contributed by atoms with Crippen LogP contribution < -0.4 is 15.5 Å². The first-order valence-corrected chi connectivity index (χ1v) is 8.79. The molecule has 0 aliphatic rings. The number of hydrogen-bond donors (Lipinski definition) is 2. The zero-order valence-electron chi connectivity index (χ0n) is 14.7. The van der Waals surface area contributed by atoms with Gasteiger partial charge in [-0.3, -0.25) is 4.79 Å². The van der Waals surface area contributed by atoms with Crippen molar-refractivity contribution in [1.82, 2.24) is 0 Å². The number of carbonyl (C=O) groups is 1. The van der Waals surface area contributed by atoms with Gasteiger partial charge in [0.2, 0.25) is 5.91 Å². The Bertz CT molecular complexity index is 934. The summed E-state index contributed by atoms with van der Waals surface area (Å²) in [5.41, 5.74) is 3.18. The molecule has 0 spiro atoms. The van der Waals surface area contributed by atoms with Gasteiger partial charge in [-0.1, -0.05) is 41.9 Å². The molecular weight excluding hydrogens is 365 g/mol. The molecule has 0 atom stereocenters. The van der Waals surface area contributed by atoms with Crippen LogP contribution in [0.1, 0.15) is 0 Å². The number of halogens is 2. The molecule has 4 nitrogen and oxygen atoms in total. The van der Waals surface area contributed by atoms with Crippen LogP contribution in [0.4, 0.5) is 27.1 Å². The summed E-state index contributed by atoms with van der Waals surface area (Å²) in [4.78, 5) is 14.3. The third-order valence-corrected chi connectivity index (χ3v) is 4.37. The van der Waals surface area contributed by atoms with E-state index in [9.17, 15) is 9.18 Å². The number of hydrogen-bond acceptors (Lipinski definition) is 3. The molecule has 3 aromatic carbocycles. The molecule has 0 radical (unpaired) electrons. The van der Waals surface area contributed by atoms with Crippen molar-refractivity contribution in [3.8, 4) is 0 Å². The van der Waals surface area contributed by atoms with Gasteiger partial charge in [0.1, 0.15) is 5.82 Å². The Balaban J connectivity index is 1.68. The zero-order chi connectivity index (χ0) is 19.2. The molecule has 0 saturated heterocycles. The van der Waals surface area contributed by atoms with Gasteiger partial charge < -0.3 is 15.5 Å². The van der Waals surface area contributed by atoms with E-state index in [2.05, 4.69) is 10.6 Å². The number of benzene rings is 3. The molecule has 6 heteroatoms. The van der Waals surface area contributed by atoms with Crippen LogP contribution in [0.25, 0.3) is 0 Å². The summed E-state index contributed by atoms with van der Waals surface area (Å²) in [6.45, 7) is 0.0490. The fourth-order valence-corrected chi connectivity index (χ4v) is 2.88. The molecule has 0 saturated carbocycles. The van der Waals surface area contributed by atoms with Gasteiger partial charge in [0.25, 0.3) is 0 Å². The molecule has 0 aliphatic heterocycles. The molecule has 0 bridgehead atoms. The lowest BCUT2D eigenvalue weighted by atomic mass is 10.2. The van der Waals surface area contributed by atoms with Crippen molar-refractivity contribution in [3.63, 3.8) is 0 Å². The van der Waals surface area contributed by atoms with Crippen LogP contribution >= 0.6 is 11.6 Å². The van der Waals surface area contributed by atoms with Crippen molar-refractivity contribution in [2.75, 3.05) is 29.1 Å². The second kappa shape index (κ2) is 8.56. The standard InChI is InChI=1S/C21H19ClFN3O/c1-26(16-7-3-2-4-8-16)20-10-6-5-9-19(20)24-14-21(27)25-18-12-11-15(23)13-17(18)22/h2-13,24H,14H2,1H3,(H,25,27). The number of anilines is 4. The maximum Gasteiger partial charge on any atom is 0.243 e. The minimum absolute atomic E-state index is 0.0490. The Kier molecular flexibility index (Phi) is 5.94. The molecule has 138 valence electrons. The SMILES string of the molecule is CN(c1ccccc1)c1ccccc1NCC(=O)Nc1ccc(F)cc1Cl. The number of carbonyl (C=O) groups excluding carboxylic acids is 1. The number of rotatable bonds is 6. The van der Waals surface area contributed by atoms with Gasteiger partial charge in [-0.05, 0) is 42.5 Å². The van der Waals surface area contributed by atoms with Crippen molar-refractivity contribution in [3.05, 3.63) is 83.6 Å². The molecule has 27 heavy (non-hydrogen) atoms. The highest BCUT2D eigenvalue weighted by molar-refractivity contribution is 6.33. The average molecular weight is 384 g/mol. The van der Waals surface area contributed by atoms with Crippen molar-refractivity contribution < 1.29 is 9.18 Å². The third-order valence-electron chi connectivity index (χ3n) is 4.05. The maximum absolute atomic E-state index is 13.1. The Labute approximate surface area is 162 Å². The quantitative estimate of drug-likeness (QED) is 0.607. The van der Waals surface area contributed by atoms with Gasteiger partial charge in [0.05, 0.1) is 28.6 Å². The van der Waals surface area contributed by atoms with Crippen molar-refractivity contribution in [2.24, 2.45) is 0 Å². The Morgan fingerprint density at radius 2 is 1.70 bits per heavy atom. The lowest BCUT2D eigenvalue weighted by Crippen LogP contribution is -2.23. The maximum atomic E-state index is 13.1. The van der Waals surface area contributed by atoms with Crippen LogP contribution in [0.15, 0.2) is 72.8 Å². The smallest absolute Gasteiger partial charge is 0.243 e. The van der Waals surface area contributed by atoms with Crippen LogP contribution in [0.5, 0.6) is 0 Å². The molecule has 0 aromatic heterocycles. The van der Waals surface area contributed by atoms with Gasteiger partial charge in [-0.2, -0.15) is 0 Å². The van der Waals surface area contributed by atoms with Gasteiger partial charge in [0.15, 0.2) is 0 Å². The molecule has 0 fully saturated rings. The summed E-state index contributed by atoms with van der Waals surface area (Å²) in [6.07, 6.45) is 0. The minimum Gasteiger partial charge on any atom is -0.374 e. The first-order chi connectivity index (χ1) is 13.0. The summed E-state index contributed by atoms with van der Waals surface area (Å²) in [7, 11) is 1.97. The largest absolute Gasteiger partial charge is 0.374 e. The first-order valence-electron chi connectivity index (χ1n) is 8.41. The fraction of sp³-hybridized carbons (Fsp3) is 0.0952. The van der Waals surface area contributed by atoms with E-state index >= 15 is 0 Å². The van der Waals surface area contributed by atoms with Crippen LogP contribution in [-0.2, 0) is 4.79 Å². The molecule has 0 aliphatic carbocycles. The highest BCUT2D eigenvalue weighted by Gasteiger charge is 2.11. The van der Waals surface area contributed by atoms with Gasteiger partial charge in [0, 0.05) is 12.7 Å². The van der Waals surface area contributed by atoms with Gasteiger partial charge in [-0.15, -0.1) is 0 Å². The van der Waals surface area contributed by atoms with Crippen LogP contribution in [-0.4, -0.2) is 19.5 Å². The predicted molar refractivity (Wildman–Crippen MR) is 109 cm³/mol. The van der Waals surface area contributed by atoms with Crippen molar-refractivity contribution in [2.45, 2.75) is 0 Å². The van der Waals surface area contributed by atoms with Crippen LogP contribution in [0.3, 0.4) is 0 Å². The normalized spacial score (nSPS) is 10.3. The van der Waals surface area contributed by atoms with E-state index in [0.29, 0.717) is 5.69 Å². The van der Waals surface area contributed by atoms with Crippen molar-refractivity contribution in [1.29, 1.82) is 0 Å². The number of para-hydroxylation sites is 3. The highest BCUT2D eigenvalue weighted by atomic mass is 35.5. The van der Waals surface area contributed by atoms with E-state index in [4.69, 9.17) is 11.6 Å². The summed E-state index contributed by atoms with van der Waals surface area (Å²) >= 11 is 5.94. The Hall–Kier alpha value is -3.05. The van der Waals surface area contributed by atoms with E-state index in [-0.39, 0.29) is 17.5 Å². The molecular formula is C21H19ClFN3O. The lowest BCUT2D eigenvalue weighted by Gasteiger charge is -2.23. The second-order valence-electron chi connectivity index (χ2n) is 5.94. The molecule has 3 rings (SSSR count).